The molecule has 0 unspecified atom stereocenters. The second kappa shape index (κ2) is 9.58. The summed E-state index contributed by atoms with van der Waals surface area (Å²) in [4.78, 5) is 19.2. The maximum Gasteiger partial charge on any atom is 0.253 e. The van der Waals surface area contributed by atoms with Gasteiger partial charge in [0.15, 0.2) is 0 Å². The lowest BCUT2D eigenvalue weighted by molar-refractivity contribution is 0.0773. The fourth-order valence-corrected chi connectivity index (χ4v) is 4.01. The summed E-state index contributed by atoms with van der Waals surface area (Å²) in [5.74, 6) is 0.0684. The van der Waals surface area contributed by atoms with Crippen molar-refractivity contribution >= 4 is 17.3 Å². The molecule has 1 aliphatic heterocycles. The summed E-state index contributed by atoms with van der Waals surface area (Å²) in [5, 5.41) is 9.34. The van der Waals surface area contributed by atoms with Crippen LogP contribution in [-0.2, 0) is 0 Å². The molecule has 1 aliphatic rings. The van der Waals surface area contributed by atoms with Gasteiger partial charge in [0, 0.05) is 36.1 Å². The van der Waals surface area contributed by atoms with E-state index in [1.54, 1.807) is 0 Å². The largest absolute Gasteiger partial charge is 0.339 e. The van der Waals surface area contributed by atoms with Gasteiger partial charge in [-0.2, -0.15) is 5.26 Å². The van der Waals surface area contributed by atoms with Crippen LogP contribution in [0.15, 0.2) is 48.5 Å². The van der Waals surface area contributed by atoms with Gasteiger partial charge in [-0.1, -0.05) is 6.07 Å². The lowest BCUT2D eigenvalue weighted by atomic mass is 10.0. The van der Waals surface area contributed by atoms with E-state index in [9.17, 15) is 10.1 Å². The Morgan fingerprint density at radius 3 is 2.31 bits per heavy atom. The first kappa shape index (κ1) is 20.9. The SMILES string of the molecule is CCN(CC)C(=O)c1ccc(N(c2cccc(C#N)c2)C2CCN(C)CC2)cc1. The summed E-state index contributed by atoms with van der Waals surface area (Å²) in [6.07, 6.45) is 2.13. The summed E-state index contributed by atoms with van der Waals surface area (Å²) in [6.45, 7) is 7.52. The predicted molar refractivity (Wildman–Crippen MR) is 118 cm³/mol. The Kier molecular flexibility index (Phi) is 6.90. The molecular formula is C24H30N4O. The van der Waals surface area contributed by atoms with Gasteiger partial charge in [0.1, 0.15) is 0 Å². The number of rotatable bonds is 6. The van der Waals surface area contributed by atoms with Crippen LogP contribution in [-0.4, -0.2) is 55.0 Å². The summed E-state index contributed by atoms with van der Waals surface area (Å²) >= 11 is 0. The van der Waals surface area contributed by atoms with Crippen molar-refractivity contribution in [2.45, 2.75) is 32.7 Å². The molecule has 1 amide bonds. The van der Waals surface area contributed by atoms with E-state index >= 15 is 0 Å². The first-order valence-electron chi connectivity index (χ1n) is 10.4. The minimum Gasteiger partial charge on any atom is -0.339 e. The van der Waals surface area contributed by atoms with E-state index in [0.717, 1.165) is 37.3 Å². The number of anilines is 2. The molecule has 3 rings (SSSR count). The van der Waals surface area contributed by atoms with Gasteiger partial charge >= 0.3 is 0 Å². The number of piperidine rings is 1. The highest BCUT2D eigenvalue weighted by Crippen LogP contribution is 2.32. The Bertz CT molecular complexity index is 859. The molecule has 0 aliphatic carbocycles. The van der Waals surface area contributed by atoms with Crippen molar-refractivity contribution in [1.82, 2.24) is 9.80 Å². The average molecular weight is 391 g/mol. The van der Waals surface area contributed by atoms with E-state index in [1.807, 2.05) is 61.2 Å². The number of hydrogen-bond acceptors (Lipinski definition) is 4. The predicted octanol–water partition coefficient (Wildman–Crippen LogP) is 4.27. The summed E-state index contributed by atoms with van der Waals surface area (Å²) in [5.41, 5.74) is 3.47. The molecule has 0 radical (unpaired) electrons. The molecule has 2 aromatic carbocycles. The van der Waals surface area contributed by atoms with Crippen LogP contribution < -0.4 is 4.90 Å². The zero-order chi connectivity index (χ0) is 20.8. The standard InChI is InChI=1S/C24H30N4O/c1-4-27(5-2)24(29)20-9-11-21(12-10-20)28(22-13-15-26(3)16-14-22)23-8-6-7-19(17-23)18-25/h6-12,17,22H,4-5,13-16H2,1-3H3. The molecule has 5 heteroatoms. The highest BCUT2D eigenvalue weighted by molar-refractivity contribution is 5.94. The molecule has 0 aromatic heterocycles. The Balaban J connectivity index is 1.93. The Labute approximate surface area is 174 Å². The molecule has 1 saturated heterocycles. The van der Waals surface area contributed by atoms with Crippen LogP contribution in [0, 0.1) is 11.3 Å². The molecule has 0 bridgehead atoms. The molecule has 0 atom stereocenters. The molecule has 5 nitrogen and oxygen atoms in total. The Morgan fingerprint density at radius 1 is 1.07 bits per heavy atom. The van der Waals surface area contributed by atoms with Crippen molar-refractivity contribution in [3.05, 3.63) is 59.7 Å². The van der Waals surface area contributed by atoms with Crippen LogP contribution in [0.1, 0.15) is 42.6 Å². The van der Waals surface area contributed by atoms with Crippen LogP contribution in [0.4, 0.5) is 11.4 Å². The first-order valence-corrected chi connectivity index (χ1v) is 10.4. The number of nitrogens with zero attached hydrogens (tertiary/aromatic N) is 4. The fourth-order valence-electron chi connectivity index (χ4n) is 4.01. The second-order valence-corrected chi connectivity index (χ2v) is 7.59. The van der Waals surface area contributed by atoms with Crippen molar-refractivity contribution in [2.75, 3.05) is 38.1 Å². The third kappa shape index (κ3) is 4.78. The summed E-state index contributed by atoms with van der Waals surface area (Å²) in [7, 11) is 2.16. The van der Waals surface area contributed by atoms with Crippen molar-refractivity contribution in [2.24, 2.45) is 0 Å². The molecule has 0 saturated carbocycles. The van der Waals surface area contributed by atoms with Gasteiger partial charge in [-0.3, -0.25) is 4.79 Å². The second-order valence-electron chi connectivity index (χ2n) is 7.59. The van der Waals surface area contributed by atoms with Gasteiger partial charge < -0.3 is 14.7 Å². The van der Waals surface area contributed by atoms with Crippen molar-refractivity contribution in [1.29, 1.82) is 5.26 Å². The minimum atomic E-state index is 0.0684. The van der Waals surface area contributed by atoms with Crippen LogP contribution in [0.3, 0.4) is 0 Å². The molecule has 29 heavy (non-hydrogen) atoms. The zero-order valence-electron chi connectivity index (χ0n) is 17.6. The average Bonchev–Trinajstić information content (AvgIpc) is 2.76. The van der Waals surface area contributed by atoms with Crippen LogP contribution in [0.2, 0.25) is 0 Å². The Morgan fingerprint density at radius 2 is 1.72 bits per heavy atom. The van der Waals surface area contributed by atoms with Crippen molar-refractivity contribution in [3.8, 4) is 6.07 Å². The minimum absolute atomic E-state index is 0.0684. The van der Waals surface area contributed by atoms with Gasteiger partial charge in [0.2, 0.25) is 0 Å². The van der Waals surface area contributed by atoms with E-state index in [2.05, 4.69) is 29.0 Å². The molecule has 2 aromatic rings. The highest BCUT2D eigenvalue weighted by atomic mass is 16.2. The van der Waals surface area contributed by atoms with Gasteiger partial charge in [-0.15, -0.1) is 0 Å². The van der Waals surface area contributed by atoms with E-state index < -0.39 is 0 Å². The third-order valence-electron chi connectivity index (χ3n) is 5.75. The lowest BCUT2D eigenvalue weighted by Crippen LogP contribution is -2.41. The molecule has 0 spiro atoms. The molecule has 1 heterocycles. The summed E-state index contributed by atoms with van der Waals surface area (Å²) < 4.78 is 0. The lowest BCUT2D eigenvalue weighted by Gasteiger charge is -2.39. The van der Waals surface area contributed by atoms with E-state index in [1.165, 1.54) is 0 Å². The number of carbonyl (C=O) groups is 1. The van der Waals surface area contributed by atoms with Crippen molar-refractivity contribution in [3.63, 3.8) is 0 Å². The first-order chi connectivity index (χ1) is 14.1. The number of carbonyl (C=O) groups excluding carboxylic acids is 1. The monoisotopic (exact) mass is 390 g/mol. The normalized spacial score (nSPS) is 15.0. The molecule has 1 fully saturated rings. The van der Waals surface area contributed by atoms with Crippen molar-refractivity contribution < 1.29 is 4.79 Å². The van der Waals surface area contributed by atoms with Gasteiger partial charge in [-0.25, -0.2) is 0 Å². The fraction of sp³-hybridized carbons (Fsp3) is 0.417. The van der Waals surface area contributed by atoms with E-state index in [4.69, 9.17) is 0 Å². The van der Waals surface area contributed by atoms with E-state index in [-0.39, 0.29) is 5.91 Å². The maximum absolute atomic E-state index is 12.7. The zero-order valence-corrected chi connectivity index (χ0v) is 17.6. The van der Waals surface area contributed by atoms with E-state index in [0.29, 0.717) is 30.3 Å². The number of benzene rings is 2. The number of likely N-dealkylation sites (tertiary alicyclic amines) is 1. The number of hydrogen-bond donors (Lipinski definition) is 0. The topological polar surface area (TPSA) is 50.6 Å². The summed E-state index contributed by atoms with van der Waals surface area (Å²) in [6, 6.07) is 18.3. The molecule has 0 N–H and O–H groups in total. The smallest absolute Gasteiger partial charge is 0.253 e. The molecular weight excluding hydrogens is 360 g/mol. The Hall–Kier alpha value is -2.84. The number of amides is 1. The quantitative estimate of drug-likeness (QED) is 0.739. The molecule has 152 valence electrons. The van der Waals surface area contributed by atoms with Crippen LogP contribution in [0.25, 0.3) is 0 Å². The van der Waals surface area contributed by atoms with Gasteiger partial charge in [0.25, 0.3) is 5.91 Å². The highest BCUT2D eigenvalue weighted by Gasteiger charge is 2.25. The third-order valence-corrected chi connectivity index (χ3v) is 5.75. The number of nitriles is 1. The van der Waals surface area contributed by atoms with Gasteiger partial charge in [-0.05, 0) is 89.3 Å². The maximum atomic E-state index is 12.7. The van der Waals surface area contributed by atoms with Gasteiger partial charge in [0.05, 0.1) is 11.6 Å². The van der Waals surface area contributed by atoms with Crippen LogP contribution in [0.5, 0.6) is 0 Å². The van der Waals surface area contributed by atoms with Crippen LogP contribution >= 0.6 is 0 Å².